The van der Waals surface area contributed by atoms with Gasteiger partial charge in [-0.05, 0) is 17.7 Å². The molecule has 0 heterocycles. The van der Waals surface area contributed by atoms with Gasteiger partial charge in [-0.3, -0.25) is 0 Å². The molecule has 0 fully saturated rings. The van der Waals surface area contributed by atoms with Crippen molar-refractivity contribution in [3.05, 3.63) is 35.6 Å². The lowest BCUT2D eigenvalue weighted by molar-refractivity contribution is 0.181. The van der Waals surface area contributed by atoms with Crippen molar-refractivity contribution in [1.82, 2.24) is 0 Å². The number of nitrogens with two attached hydrogens (primary N) is 1. The molecule has 0 bridgehead atoms. The Balaban J connectivity index is 0.00000144. The van der Waals surface area contributed by atoms with Crippen LogP contribution in [0.15, 0.2) is 24.3 Å². The van der Waals surface area contributed by atoms with Gasteiger partial charge in [0, 0.05) is 7.11 Å². The summed E-state index contributed by atoms with van der Waals surface area (Å²) in [6, 6.07) is 5.99. The number of hydrogen-bond acceptors (Lipinski definition) is 2. The Morgan fingerprint density at radius 2 is 2.23 bits per heavy atom. The molecule has 0 aliphatic heterocycles. The van der Waals surface area contributed by atoms with E-state index in [0.717, 1.165) is 5.56 Å². The lowest BCUT2D eigenvalue weighted by atomic mass is 10.1. The molecule has 74 valence electrons. The Bertz CT molecular complexity index is 257. The molecule has 2 nitrogen and oxygen atoms in total. The standard InChI is InChI=1S/C9H12FNO.ClH/c1-12-6-9(11)7-3-2-4-8(10)5-7;/h2-5,9H,6,11H2,1H3;1H. The second-order valence-electron chi connectivity index (χ2n) is 2.62. The summed E-state index contributed by atoms with van der Waals surface area (Å²) in [5, 5.41) is 0. The van der Waals surface area contributed by atoms with E-state index < -0.39 is 0 Å². The lowest BCUT2D eigenvalue weighted by Crippen LogP contribution is -2.15. The highest BCUT2D eigenvalue weighted by Crippen LogP contribution is 2.11. The van der Waals surface area contributed by atoms with E-state index in [1.807, 2.05) is 0 Å². The molecule has 1 rings (SSSR count). The van der Waals surface area contributed by atoms with Crippen LogP contribution in [0.5, 0.6) is 0 Å². The zero-order chi connectivity index (χ0) is 8.97. The molecule has 1 atom stereocenters. The summed E-state index contributed by atoms with van der Waals surface area (Å²) in [5.74, 6) is -0.265. The highest BCUT2D eigenvalue weighted by molar-refractivity contribution is 5.85. The monoisotopic (exact) mass is 205 g/mol. The van der Waals surface area contributed by atoms with Gasteiger partial charge in [0.2, 0.25) is 0 Å². The second kappa shape index (κ2) is 5.91. The molecule has 0 saturated carbocycles. The summed E-state index contributed by atoms with van der Waals surface area (Å²) in [6.45, 7) is 0.406. The van der Waals surface area contributed by atoms with Gasteiger partial charge >= 0.3 is 0 Å². The lowest BCUT2D eigenvalue weighted by Gasteiger charge is -2.09. The summed E-state index contributed by atoms with van der Waals surface area (Å²) in [7, 11) is 1.57. The highest BCUT2D eigenvalue weighted by atomic mass is 35.5. The number of methoxy groups -OCH3 is 1. The third-order valence-electron chi connectivity index (χ3n) is 1.62. The van der Waals surface area contributed by atoms with Gasteiger partial charge in [0.1, 0.15) is 5.82 Å². The van der Waals surface area contributed by atoms with Crippen LogP contribution in [0.2, 0.25) is 0 Å². The zero-order valence-electron chi connectivity index (χ0n) is 7.37. The Hall–Kier alpha value is -0.640. The summed E-state index contributed by atoms with van der Waals surface area (Å²) in [6.07, 6.45) is 0. The minimum atomic E-state index is -0.265. The fourth-order valence-corrected chi connectivity index (χ4v) is 1.01. The first kappa shape index (κ1) is 12.4. The number of hydrogen-bond donors (Lipinski definition) is 1. The van der Waals surface area contributed by atoms with Gasteiger partial charge in [-0.2, -0.15) is 0 Å². The van der Waals surface area contributed by atoms with E-state index >= 15 is 0 Å². The topological polar surface area (TPSA) is 35.2 Å². The fraction of sp³-hybridized carbons (Fsp3) is 0.333. The Morgan fingerprint density at radius 1 is 1.54 bits per heavy atom. The van der Waals surface area contributed by atoms with Crippen molar-refractivity contribution in [3.8, 4) is 0 Å². The minimum Gasteiger partial charge on any atom is -0.383 e. The van der Waals surface area contributed by atoms with Gasteiger partial charge in [0.15, 0.2) is 0 Å². The predicted molar refractivity (Wildman–Crippen MR) is 52.5 cm³/mol. The van der Waals surface area contributed by atoms with Crippen LogP contribution in [0.25, 0.3) is 0 Å². The third-order valence-corrected chi connectivity index (χ3v) is 1.62. The van der Waals surface area contributed by atoms with Gasteiger partial charge in [0.25, 0.3) is 0 Å². The molecule has 0 saturated heterocycles. The summed E-state index contributed by atoms with van der Waals surface area (Å²) in [5.41, 5.74) is 6.44. The molecule has 0 spiro atoms. The highest BCUT2D eigenvalue weighted by Gasteiger charge is 2.04. The van der Waals surface area contributed by atoms with Gasteiger partial charge in [-0.1, -0.05) is 12.1 Å². The normalized spacial score (nSPS) is 11.9. The molecule has 0 aromatic heterocycles. The van der Waals surface area contributed by atoms with Crippen molar-refractivity contribution in [3.63, 3.8) is 0 Å². The van der Waals surface area contributed by atoms with Crippen LogP contribution in [-0.4, -0.2) is 13.7 Å². The van der Waals surface area contributed by atoms with Crippen LogP contribution >= 0.6 is 12.4 Å². The maximum absolute atomic E-state index is 12.7. The van der Waals surface area contributed by atoms with E-state index in [2.05, 4.69) is 0 Å². The van der Waals surface area contributed by atoms with E-state index in [4.69, 9.17) is 10.5 Å². The van der Waals surface area contributed by atoms with Crippen LogP contribution in [0.3, 0.4) is 0 Å². The minimum absolute atomic E-state index is 0. The Labute approximate surface area is 83.3 Å². The first-order valence-electron chi connectivity index (χ1n) is 3.74. The van der Waals surface area contributed by atoms with Crippen molar-refractivity contribution in [1.29, 1.82) is 0 Å². The SMILES string of the molecule is COCC(N)c1cccc(F)c1.Cl. The van der Waals surface area contributed by atoms with Gasteiger partial charge in [-0.25, -0.2) is 4.39 Å². The largest absolute Gasteiger partial charge is 0.383 e. The molecule has 0 aliphatic rings. The maximum Gasteiger partial charge on any atom is 0.123 e. The molecule has 2 N–H and O–H groups in total. The van der Waals surface area contributed by atoms with Crippen molar-refractivity contribution < 1.29 is 9.13 Å². The number of halogens is 2. The van der Waals surface area contributed by atoms with E-state index in [1.165, 1.54) is 12.1 Å². The summed E-state index contributed by atoms with van der Waals surface area (Å²) >= 11 is 0. The van der Waals surface area contributed by atoms with E-state index in [9.17, 15) is 4.39 Å². The third kappa shape index (κ3) is 3.72. The maximum atomic E-state index is 12.7. The number of benzene rings is 1. The van der Waals surface area contributed by atoms with Crippen LogP contribution in [0.1, 0.15) is 11.6 Å². The average molecular weight is 206 g/mol. The Kier molecular flexibility index (Phi) is 5.62. The molecule has 0 radical (unpaired) electrons. The first-order chi connectivity index (χ1) is 5.74. The molecule has 1 aromatic carbocycles. The molecule has 0 amide bonds. The molecule has 1 aromatic rings. The average Bonchev–Trinajstić information content (AvgIpc) is 2.05. The van der Waals surface area contributed by atoms with Crippen LogP contribution in [0.4, 0.5) is 4.39 Å². The second-order valence-corrected chi connectivity index (χ2v) is 2.62. The van der Waals surface area contributed by atoms with Crippen LogP contribution in [0, 0.1) is 5.82 Å². The molecule has 0 aliphatic carbocycles. The van der Waals surface area contributed by atoms with E-state index in [0.29, 0.717) is 6.61 Å². The molecule has 4 heteroatoms. The van der Waals surface area contributed by atoms with Gasteiger partial charge in [0.05, 0.1) is 12.6 Å². The van der Waals surface area contributed by atoms with Crippen molar-refractivity contribution in [2.24, 2.45) is 5.73 Å². The van der Waals surface area contributed by atoms with Crippen molar-refractivity contribution >= 4 is 12.4 Å². The van der Waals surface area contributed by atoms with E-state index in [1.54, 1.807) is 19.2 Å². The van der Waals surface area contributed by atoms with Crippen molar-refractivity contribution in [2.45, 2.75) is 6.04 Å². The summed E-state index contributed by atoms with van der Waals surface area (Å²) < 4.78 is 17.5. The summed E-state index contributed by atoms with van der Waals surface area (Å²) in [4.78, 5) is 0. The number of ether oxygens (including phenoxy) is 1. The van der Waals surface area contributed by atoms with E-state index in [-0.39, 0.29) is 24.3 Å². The quantitative estimate of drug-likeness (QED) is 0.818. The van der Waals surface area contributed by atoms with Crippen molar-refractivity contribution in [2.75, 3.05) is 13.7 Å². The van der Waals surface area contributed by atoms with Gasteiger partial charge in [-0.15, -0.1) is 12.4 Å². The molecular weight excluding hydrogens is 193 g/mol. The first-order valence-corrected chi connectivity index (χ1v) is 3.74. The van der Waals surface area contributed by atoms with Crippen LogP contribution in [-0.2, 0) is 4.74 Å². The zero-order valence-corrected chi connectivity index (χ0v) is 8.18. The van der Waals surface area contributed by atoms with Gasteiger partial charge < -0.3 is 10.5 Å². The molecule has 1 unspecified atom stereocenters. The smallest absolute Gasteiger partial charge is 0.123 e. The fourth-order valence-electron chi connectivity index (χ4n) is 1.01. The van der Waals surface area contributed by atoms with Crippen LogP contribution < -0.4 is 5.73 Å². The number of rotatable bonds is 3. The Morgan fingerprint density at radius 3 is 2.77 bits per heavy atom. The molecule has 13 heavy (non-hydrogen) atoms. The predicted octanol–water partition coefficient (Wildman–Crippen LogP) is 1.89. The molecular formula is C9H13ClFNO.